The minimum absolute atomic E-state index is 0.350. The van der Waals surface area contributed by atoms with E-state index in [1.807, 2.05) is 18.2 Å². The molecule has 0 saturated heterocycles. The Hall–Kier alpha value is -1.12. The first-order chi connectivity index (χ1) is 7.84. The molecule has 0 radical (unpaired) electrons. The van der Waals surface area contributed by atoms with E-state index in [4.69, 9.17) is 10.5 Å². The van der Waals surface area contributed by atoms with Crippen molar-refractivity contribution < 1.29 is 4.74 Å². The Morgan fingerprint density at radius 3 is 2.75 bits per heavy atom. The molecule has 1 aromatic carbocycles. The predicted molar refractivity (Wildman–Crippen MR) is 67.0 cm³/mol. The van der Waals surface area contributed by atoms with Crippen LogP contribution >= 0.6 is 0 Å². The fourth-order valence-corrected chi connectivity index (χ4v) is 2.06. The molecule has 1 aromatic rings. The first-order valence-corrected chi connectivity index (χ1v) is 5.93. The van der Waals surface area contributed by atoms with Gasteiger partial charge < -0.3 is 10.5 Å². The molecule has 1 aliphatic carbocycles. The number of hydrogen-bond donors (Lipinski definition) is 1. The fourth-order valence-electron chi connectivity index (χ4n) is 2.06. The van der Waals surface area contributed by atoms with Crippen LogP contribution in [0.25, 0.3) is 6.08 Å². The molecule has 1 aliphatic rings. The van der Waals surface area contributed by atoms with Gasteiger partial charge in [0.15, 0.2) is 0 Å². The van der Waals surface area contributed by atoms with Crippen molar-refractivity contribution >= 4 is 6.08 Å². The van der Waals surface area contributed by atoms with Gasteiger partial charge in [-0.3, -0.25) is 0 Å². The minimum atomic E-state index is 0.350. The van der Waals surface area contributed by atoms with Crippen molar-refractivity contribution in [2.75, 3.05) is 6.61 Å². The van der Waals surface area contributed by atoms with Crippen LogP contribution in [0.2, 0.25) is 0 Å². The average molecular weight is 217 g/mol. The molecule has 86 valence electrons. The van der Waals surface area contributed by atoms with E-state index >= 15 is 0 Å². The summed E-state index contributed by atoms with van der Waals surface area (Å²) in [5.41, 5.74) is 7.04. The topological polar surface area (TPSA) is 35.2 Å². The molecule has 16 heavy (non-hydrogen) atoms. The standard InChI is InChI=1S/C14H19NO/c15-13-8-9-14(11-13)16-10-4-7-12-5-2-1-3-6-12/h1-7,13-14H,8-11,15H2. The van der Waals surface area contributed by atoms with E-state index in [1.54, 1.807) is 0 Å². The highest BCUT2D eigenvalue weighted by molar-refractivity contribution is 5.48. The zero-order chi connectivity index (χ0) is 11.2. The molecule has 0 aliphatic heterocycles. The van der Waals surface area contributed by atoms with E-state index in [0.29, 0.717) is 18.8 Å². The third-order valence-corrected chi connectivity index (χ3v) is 2.96. The van der Waals surface area contributed by atoms with Crippen molar-refractivity contribution in [2.45, 2.75) is 31.4 Å². The molecule has 2 atom stereocenters. The number of ether oxygens (including phenoxy) is 1. The van der Waals surface area contributed by atoms with E-state index in [2.05, 4.69) is 24.3 Å². The van der Waals surface area contributed by atoms with Gasteiger partial charge >= 0.3 is 0 Å². The van der Waals surface area contributed by atoms with Crippen molar-refractivity contribution in [2.24, 2.45) is 5.73 Å². The second kappa shape index (κ2) is 5.83. The maximum atomic E-state index is 5.82. The van der Waals surface area contributed by atoms with Crippen LogP contribution in [0, 0.1) is 0 Å². The zero-order valence-electron chi connectivity index (χ0n) is 9.51. The van der Waals surface area contributed by atoms with Gasteiger partial charge in [-0.25, -0.2) is 0 Å². The van der Waals surface area contributed by atoms with Gasteiger partial charge in [-0.15, -0.1) is 0 Å². The predicted octanol–water partition coefficient (Wildman–Crippen LogP) is 2.60. The summed E-state index contributed by atoms with van der Waals surface area (Å²) >= 11 is 0. The highest BCUT2D eigenvalue weighted by Gasteiger charge is 2.21. The Kier molecular flexibility index (Phi) is 4.14. The second-order valence-corrected chi connectivity index (χ2v) is 4.34. The summed E-state index contributed by atoms with van der Waals surface area (Å²) < 4.78 is 5.73. The lowest BCUT2D eigenvalue weighted by Gasteiger charge is -2.08. The van der Waals surface area contributed by atoms with Crippen LogP contribution in [0.1, 0.15) is 24.8 Å². The Balaban J connectivity index is 1.70. The summed E-state index contributed by atoms with van der Waals surface area (Å²) in [6, 6.07) is 10.6. The first-order valence-electron chi connectivity index (χ1n) is 5.93. The van der Waals surface area contributed by atoms with Crippen LogP contribution in [0.15, 0.2) is 36.4 Å². The number of hydrogen-bond acceptors (Lipinski definition) is 2. The largest absolute Gasteiger partial charge is 0.374 e. The van der Waals surface area contributed by atoms with Crippen molar-refractivity contribution in [3.8, 4) is 0 Å². The maximum absolute atomic E-state index is 5.82. The third kappa shape index (κ3) is 3.47. The van der Waals surface area contributed by atoms with E-state index in [1.165, 1.54) is 5.56 Å². The first kappa shape index (κ1) is 11.4. The number of benzene rings is 1. The number of nitrogens with two attached hydrogens (primary N) is 1. The Bertz CT molecular complexity index is 334. The van der Waals surface area contributed by atoms with E-state index in [-0.39, 0.29) is 0 Å². The zero-order valence-corrected chi connectivity index (χ0v) is 9.51. The van der Waals surface area contributed by atoms with Crippen LogP contribution in [-0.2, 0) is 4.74 Å². The smallest absolute Gasteiger partial charge is 0.0654 e. The molecule has 1 fully saturated rings. The summed E-state index contributed by atoms with van der Waals surface area (Å²) in [5, 5.41) is 0. The summed E-state index contributed by atoms with van der Waals surface area (Å²) in [6.07, 6.45) is 7.76. The van der Waals surface area contributed by atoms with Crippen LogP contribution in [0.4, 0.5) is 0 Å². The van der Waals surface area contributed by atoms with Crippen molar-refractivity contribution in [1.29, 1.82) is 0 Å². The van der Waals surface area contributed by atoms with Gasteiger partial charge in [0.05, 0.1) is 12.7 Å². The second-order valence-electron chi connectivity index (χ2n) is 4.34. The molecule has 0 aromatic heterocycles. The molecule has 0 bridgehead atoms. The Morgan fingerprint density at radius 2 is 2.06 bits per heavy atom. The molecular formula is C14H19NO. The van der Waals surface area contributed by atoms with Gasteiger partial charge in [0.2, 0.25) is 0 Å². The van der Waals surface area contributed by atoms with Gasteiger partial charge in [-0.05, 0) is 24.8 Å². The summed E-state index contributed by atoms with van der Waals surface area (Å²) in [5.74, 6) is 0. The quantitative estimate of drug-likeness (QED) is 0.841. The lowest BCUT2D eigenvalue weighted by Crippen LogP contribution is -2.17. The molecular weight excluding hydrogens is 198 g/mol. The lowest BCUT2D eigenvalue weighted by molar-refractivity contribution is 0.0793. The highest BCUT2D eigenvalue weighted by Crippen LogP contribution is 2.20. The molecule has 2 rings (SSSR count). The summed E-state index contributed by atoms with van der Waals surface area (Å²) in [7, 11) is 0. The minimum Gasteiger partial charge on any atom is -0.374 e. The molecule has 2 N–H and O–H groups in total. The van der Waals surface area contributed by atoms with E-state index in [9.17, 15) is 0 Å². The van der Waals surface area contributed by atoms with Gasteiger partial charge in [-0.1, -0.05) is 42.5 Å². The lowest BCUT2D eigenvalue weighted by atomic mass is 10.2. The fraction of sp³-hybridized carbons (Fsp3) is 0.429. The molecule has 0 heterocycles. The molecule has 0 spiro atoms. The molecule has 2 unspecified atom stereocenters. The van der Waals surface area contributed by atoms with Gasteiger partial charge in [0.1, 0.15) is 0 Å². The molecule has 0 amide bonds. The van der Waals surface area contributed by atoms with Crippen LogP contribution in [0.5, 0.6) is 0 Å². The maximum Gasteiger partial charge on any atom is 0.0654 e. The third-order valence-electron chi connectivity index (χ3n) is 2.96. The van der Waals surface area contributed by atoms with Gasteiger partial charge in [0, 0.05) is 6.04 Å². The van der Waals surface area contributed by atoms with Gasteiger partial charge in [-0.2, -0.15) is 0 Å². The van der Waals surface area contributed by atoms with Crippen molar-refractivity contribution in [1.82, 2.24) is 0 Å². The van der Waals surface area contributed by atoms with Crippen LogP contribution < -0.4 is 5.73 Å². The molecule has 1 saturated carbocycles. The van der Waals surface area contributed by atoms with E-state index < -0.39 is 0 Å². The van der Waals surface area contributed by atoms with Crippen LogP contribution in [-0.4, -0.2) is 18.8 Å². The summed E-state index contributed by atoms with van der Waals surface area (Å²) in [6.45, 7) is 0.687. The monoisotopic (exact) mass is 217 g/mol. The average Bonchev–Trinajstić information content (AvgIpc) is 2.72. The normalized spacial score (nSPS) is 25.3. The summed E-state index contributed by atoms with van der Waals surface area (Å²) in [4.78, 5) is 0. The highest BCUT2D eigenvalue weighted by atomic mass is 16.5. The Labute approximate surface area is 97.1 Å². The number of rotatable bonds is 4. The Morgan fingerprint density at radius 1 is 1.25 bits per heavy atom. The van der Waals surface area contributed by atoms with Gasteiger partial charge in [0.25, 0.3) is 0 Å². The van der Waals surface area contributed by atoms with Crippen molar-refractivity contribution in [3.05, 3.63) is 42.0 Å². The van der Waals surface area contributed by atoms with Crippen molar-refractivity contribution in [3.63, 3.8) is 0 Å². The SMILES string of the molecule is NC1CCC(OCC=Cc2ccccc2)C1. The molecule has 2 heteroatoms. The van der Waals surface area contributed by atoms with Crippen LogP contribution in [0.3, 0.4) is 0 Å². The van der Waals surface area contributed by atoms with E-state index in [0.717, 1.165) is 19.3 Å². The molecule has 2 nitrogen and oxygen atoms in total.